The average Bonchev–Trinajstić information content (AvgIpc) is 3.52. The molecule has 0 spiro atoms. The maximum Gasteiger partial charge on any atom is 0.335 e. The van der Waals surface area contributed by atoms with Gasteiger partial charge in [-0.15, -0.1) is 0 Å². The molecule has 1 aliphatic carbocycles. The molecule has 2 aliphatic rings. The zero-order valence-corrected chi connectivity index (χ0v) is 15.6. The topological polar surface area (TPSA) is 100 Å². The minimum Gasteiger partial charge on any atom is -0.478 e. The van der Waals surface area contributed by atoms with E-state index in [9.17, 15) is 9.90 Å². The highest BCUT2D eigenvalue weighted by atomic mass is 16.4. The largest absolute Gasteiger partial charge is 0.478 e. The number of hydrogen-bond acceptors (Lipinski definition) is 6. The lowest BCUT2D eigenvalue weighted by Crippen LogP contribution is -2.29. The first-order chi connectivity index (χ1) is 13.7. The average molecular weight is 377 g/mol. The van der Waals surface area contributed by atoms with Crippen LogP contribution in [-0.4, -0.2) is 45.2 Å². The number of pyridine rings is 1. The van der Waals surface area contributed by atoms with Crippen LogP contribution in [0.2, 0.25) is 0 Å². The fourth-order valence-electron chi connectivity index (χ4n) is 3.92. The normalized spacial score (nSPS) is 17.9. The van der Waals surface area contributed by atoms with Crippen molar-refractivity contribution in [2.75, 3.05) is 18.4 Å². The zero-order valence-electron chi connectivity index (χ0n) is 15.6. The predicted molar refractivity (Wildman–Crippen MR) is 108 cm³/mol. The second-order valence-electron chi connectivity index (χ2n) is 7.86. The molecule has 7 heteroatoms. The number of hydrogen-bond donors (Lipinski definition) is 3. The molecular formula is C21H23N5O2. The number of nitrogens with zero attached hydrogens (tertiary/aromatic N) is 3. The van der Waals surface area contributed by atoms with Crippen molar-refractivity contribution >= 4 is 33.6 Å². The zero-order chi connectivity index (χ0) is 19.1. The second-order valence-corrected chi connectivity index (χ2v) is 7.86. The molecule has 5 rings (SSSR count). The molecule has 3 N–H and O–H groups in total. The van der Waals surface area contributed by atoms with Gasteiger partial charge in [0.2, 0.25) is 0 Å². The molecule has 0 atom stereocenters. The summed E-state index contributed by atoms with van der Waals surface area (Å²) in [4.78, 5) is 25.6. The Bertz CT molecular complexity index is 1060. The van der Waals surface area contributed by atoms with Crippen molar-refractivity contribution in [3.63, 3.8) is 0 Å². The summed E-state index contributed by atoms with van der Waals surface area (Å²) in [7, 11) is 0. The number of nitrogens with one attached hydrogen (secondary N) is 2. The molecule has 2 aromatic heterocycles. The van der Waals surface area contributed by atoms with Gasteiger partial charge in [-0.25, -0.2) is 19.7 Å². The van der Waals surface area contributed by atoms with E-state index in [1.165, 1.54) is 0 Å². The van der Waals surface area contributed by atoms with Crippen molar-refractivity contribution in [3.8, 4) is 0 Å². The Hall–Kier alpha value is -2.80. The van der Waals surface area contributed by atoms with Gasteiger partial charge in [0, 0.05) is 29.4 Å². The lowest BCUT2D eigenvalue weighted by atomic mass is 9.94. The number of carboxylic acids is 1. The Kier molecular flexibility index (Phi) is 4.31. The Labute approximate surface area is 162 Å². The summed E-state index contributed by atoms with van der Waals surface area (Å²) >= 11 is 0. The number of rotatable bonds is 5. The second kappa shape index (κ2) is 6.98. The quantitative estimate of drug-likeness (QED) is 0.588. The lowest BCUT2D eigenvalue weighted by molar-refractivity contribution is 0.0697. The monoisotopic (exact) mass is 377 g/mol. The number of anilines is 1. The van der Waals surface area contributed by atoms with Gasteiger partial charge < -0.3 is 15.7 Å². The summed E-state index contributed by atoms with van der Waals surface area (Å²) in [5.74, 6) is 1.27. The number of carbonyl (C=O) groups is 1. The Morgan fingerprint density at radius 1 is 1.14 bits per heavy atom. The maximum atomic E-state index is 11.3. The number of carboxylic acid groups (broad SMARTS) is 1. The summed E-state index contributed by atoms with van der Waals surface area (Å²) in [6.07, 6.45) is 7.33. The van der Waals surface area contributed by atoms with E-state index in [1.807, 2.05) is 12.3 Å². The highest BCUT2D eigenvalue weighted by Gasteiger charge is 2.24. The predicted octanol–water partition coefficient (Wildman–Crippen LogP) is 2.99. The minimum atomic E-state index is -0.950. The van der Waals surface area contributed by atoms with Gasteiger partial charge in [-0.1, -0.05) is 6.07 Å². The van der Waals surface area contributed by atoms with Gasteiger partial charge in [0.15, 0.2) is 5.82 Å². The molecule has 0 radical (unpaired) electrons. The molecule has 1 aliphatic heterocycles. The fourth-order valence-corrected chi connectivity index (χ4v) is 3.92. The van der Waals surface area contributed by atoms with E-state index in [0.29, 0.717) is 17.5 Å². The third-order valence-corrected chi connectivity index (χ3v) is 5.68. The van der Waals surface area contributed by atoms with Crippen LogP contribution in [0.5, 0.6) is 0 Å². The van der Waals surface area contributed by atoms with Crippen LogP contribution in [0, 0.1) is 5.92 Å². The molecule has 2 fully saturated rings. The van der Waals surface area contributed by atoms with Crippen molar-refractivity contribution in [3.05, 3.63) is 35.8 Å². The third kappa shape index (κ3) is 3.38. The maximum absolute atomic E-state index is 11.3. The molecule has 0 amide bonds. The van der Waals surface area contributed by atoms with E-state index < -0.39 is 5.97 Å². The van der Waals surface area contributed by atoms with Gasteiger partial charge in [0.05, 0.1) is 11.1 Å². The Morgan fingerprint density at radius 2 is 1.96 bits per heavy atom. The molecule has 7 nitrogen and oxygen atoms in total. The molecule has 3 aromatic rings. The van der Waals surface area contributed by atoms with Crippen molar-refractivity contribution in [2.24, 2.45) is 5.92 Å². The molecule has 1 saturated heterocycles. The summed E-state index contributed by atoms with van der Waals surface area (Å²) < 4.78 is 0. The number of benzene rings is 1. The molecular weight excluding hydrogens is 354 g/mol. The van der Waals surface area contributed by atoms with Gasteiger partial charge >= 0.3 is 5.97 Å². The number of fused-ring (bicyclic) bond motifs is 3. The first-order valence-electron chi connectivity index (χ1n) is 9.97. The van der Waals surface area contributed by atoms with Crippen molar-refractivity contribution < 1.29 is 9.90 Å². The molecule has 144 valence electrons. The first-order valence-corrected chi connectivity index (χ1v) is 9.97. The smallest absolute Gasteiger partial charge is 0.335 e. The lowest BCUT2D eigenvalue weighted by Gasteiger charge is -2.22. The van der Waals surface area contributed by atoms with Crippen molar-refractivity contribution in [2.45, 2.75) is 38.1 Å². The van der Waals surface area contributed by atoms with E-state index in [1.54, 1.807) is 12.1 Å². The van der Waals surface area contributed by atoms with Crippen LogP contribution in [0.25, 0.3) is 21.8 Å². The first kappa shape index (κ1) is 17.3. The molecule has 0 unspecified atom stereocenters. The minimum absolute atomic E-state index is 0.236. The number of aromatic carboxylic acids is 1. The molecule has 3 heterocycles. The van der Waals surface area contributed by atoms with Crippen molar-refractivity contribution in [1.82, 2.24) is 20.3 Å². The standard InChI is InChI=1S/C21H23N5O2/c27-21(28)13-1-4-15-16-11-23-18(9-12-5-7-22-8-6-12)26-19(16)20(24-14-2-3-14)25-17(15)10-13/h1,4,10-12,14,22H,2-3,5-9H2,(H,24,25)(H,27,28). The van der Waals surface area contributed by atoms with Crippen molar-refractivity contribution in [1.29, 1.82) is 0 Å². The van der Waals surface area contributed by atoms with E-state index >= 15 is 0 Å². The van der Waals surface area contributed by atoms with E-state index in [2.05, 4.69) is 15.6 Å². The van der Waals surface area contributed by atoms with Crippen LogP contribution < -0.4 is 10.6 Å². The van der Waals surface area contributed by atoms with Crippen LogP contribution in [0.3, 0.4) is 0 Å². The summed E-state index contributed by atoms with van der Waals surface area (Å²) in [6.45, 7) is 2.12. The van der Waals surface area contributed by atoms with E-state index in [0.717, 1.165) is 73.1 Å². The van der Waals surface area contributed by atoms with Crippen LogP contribution in [0.4, 0.5) is 5.82 Å². The SMILES string of the molecule is O=C(O)c1ccc2c(c1)nc(NC1CC1)c1nc(CC3CCNCC3)ncc12. The summed E-state index contributed by atoms with van der Waals surface area (Å²) in [5.41, 5.74) is 1.73. The van der Waals surface area contributed by atoms with Crippen LogP contribution >= 0.6 is 0 Å². The molecule has 1 saturated carbocycles. The molecule has 1 aromatic carbocycles. The molecule has 0 bridgehead atoms. The Balaban J connectivity index is 1.60. The van der Waals surface area contributed by atoms with Crippen LogP contribution in [-0.2, 0) is 6.42 Å². The van der Waals surface area contributed by atoms with Gasteiger partial charge in [-0.2, -0.15) is 0 Å². The van der Waals surface area contributed by atoms with Crippen LogP contribution in [0.1, 0.15) is 41.9 Å². The summed E-state index contributed by atoms with van der Waals surface area (Å²) in [6, 6.07) is 5.48. The van der Waals surface area contributed by atoms with Gasteiger partial charge in [0.25, 0.3) is 0 Å². The summed E-state index contributed by atoms with van der Waals surface area (Å²) in [5, 5.41) is 18.0. The molecule has 28 heavy (non-hydrogen) atoms. The highest BCUT2D eigenvalue weighted by Crippen LogP contribution is 2.32. The Morgan fingerprint density at radius 3 is 2.71 bits per heavy atom. The van der Waals surface area contributed by atoms with E-state index in [-0.39, 0.29) is 5.56 Å². The van der Waals surface area contributed by atoms with Gasteiger partial charge in [-0.3, -0.25) is 0 Å². The van der Waals surface area contributed by atoms with Crippen LogP contribution in [0.15, 0.2) is 24.4 Å². The van der Waals surface area contributed by atoms with E-state index in [4.69, 9.17) is 9.97 Å². The number of aromatic nitrogens is 3. The highest BCUT2D eigenvalue weighted by molar-refractivity contribution is 6.09. The third-order valence-electron chi connectivity index (χ3n) is 5.68. The number of piperidine rings is 1. The van der Waals surface area contributed by atoms with Gasteiger partial charge in [-0.05, 0) is 56.8 Å². The fraction of sp³-hybridized carbons (Fsp3) is 0.429. The van der Waals surface area contributed by atoms with Gasteiger partial charge in [0.1, 0.15) is 11.3 Å².